The molecule has 1 saturated heterocycles. The molecular formula is C24H32N6O2. The van der Waals surface area contributed by atoms with Crippen molar-refractivity contribution < 1.29 is 9.59 Å². The average Bonchev–Trinajstić information content (AvgIpc) is 2.82. The van der Waals surface area contributed by atoms with Gasteiger partial charge in [-0.25, -0.2) is 4.98 Å². The summed E-state index contributed by atoms with van der Waals surface area (Å²) in [6.45, 7) is 7.43. The van der Waals surface area contributed by atoms with E-state index in [1.54, 1.807) is 25.3 Å². The number of piperazine rings is 1. The molecule has 1 aromatic heterocycles. The second-order valence-electron chi connectivity index (χ2n) is 7.45. The number of pyridine rings is 1. The Morgan fingerprint density at radius 3 is 2.44 bits per heavy atom. The lowest BCUT2D eigenvalue weighted by molar-refractivity contribution is -0.130. The minimum atomic E-state index is 0.178. The van der Waals surface area contributed by atoms with Crippen LogP contribution in [0.1, 0.15) is 12.5 Å². The van der Waals surface area contributed by atoms with Crippen molar-refractivity contribution in [2.45, 2.75) is 6.92 Å². The van der Waals surface area contributed by atoms with E-state index in [4.69, 9.17) is 11.1 Å². The molecule has 1 aromatic carbocycles. The number of carbonyl (C=O) groups excluding carboxylic acids is 2. The van der Waals surface area contributed by atoms with E-state index in [1.165, 1.54) is 17.8 Å². The molecule has 2 aromatic rings. The highest BCUT2D eigenvalue weighted by Crippen LogP contribution is 2.11. The third-order valence-electron chi connectivity index (χ3n) is 5.24. The summed E-state index contributed by atoms with van der Waals surface area (Å²) in [5, 5.41) is 7.51. The highest BCUT2D eigenvalue weighted by molar-refractivity contribution is 6.10. The van der Waals surface area contributed by atoms with Crippen LogP contribution in [0.3, 0.4) is 0 Å². The second-order valence-corrected chi connectivity index (χ2v) is 7.45. The van der Waals surface area contributed by atoms with Crippen LogP contribution in [-0.2, 0) is 9.59 Å². The van der Waals surface area contributed by atoms with Crippen molar-refractivity contribution in [3.05, 3.63) is 66.4 Å². The molecule has 0 bridgehead atoms. The van der Waals surface area contributed by atoms with E-state index in [0.29, 0.717) is 17.7 Å². The topological polar surface area (TPSA) is 107 Å². The highest BCUT2D eigenvalue weighted by Gasteiger charge is 2.18. The molecule has 1 aliphatic heterocycles. The first kappa shape index (κ1) is 24.7. The first-order valence-electron chi connectivity index (χ1n) is 10.6. The largest absolute Gasteiger partial charge is 0.383 e. The Kier molecular flexibility index (Phi) is 10.1. The van der Waals surface area contributed by atoms with Gasteiger partial charge in [-0.15, -0.1) is 0 Å². The van der Waals surface area contributed by atoms with Gasteiger partial charge in [0.25, 0.3) is 0 Å². The second kappa shape index (κ2) is 13.0. The normalized spacial score (nSPS) is 13.9. The van der Waals surface area contributed by atoms with Gasteiger partial charge < -0.3 is 20.9 Å². The van der Waals surface area contributed by atoms with Gasteiger partial charge in [-0.1, -0.05) is 18.2 Å². The summed E-state index contributed by atoms with van der Waals surface area (Å²) in [4.78, 5) is 31.7. The monoisotopic (exact) mass is 436 g/mol. The molecule has 8 heteroatoms. The van der Waals surface area contributed by atoms with Crippen LogP contribution in [0.25, 0.3) is 0 Å². The van der Waals surface area contributed by atoms with Gasteiger partial charge in [0.05, 0.1) is 5.71 Å². The van der Waals surface area contributed by atoms with Crippen molar-refractivity contribution in [2.75, 3.05) is 56.9 Å². The van der Waals surface area contributed by atoms with Crippen molar-refractivity contribution in [2.24, 2.45) is 0 Å². The summed E-state index contributed by atoms with van der Waals surface area (Å²) in [5.74, 6) is 0.490. The van der Waals surface area contributed by atoms with E-state index in [-0.39, 0.29) is 11.6 Å². The molecule has 0 spiro atoms. The van der Waals surface area contributed by atoms with E-state index in [9.17, 15) is 9.59 Å². The van der Waals surface area contributed by atoms with E-state index in [1.807, 2.05) is 11.0 Å². The number of likely N-dealkylation sites (N-methyl/N-ethyl adjacent to an activating group) is 1. The van der Waals surface area contributed by atoms with E-state index >= 15 is 0 Å². The molecule has 2 heterocycles. The summed E-state index contributed by atoms with van der Waals surface area (Å²) >= 11 is 0. The number of aromatic nitrogens is 1. The summed E-state index contributed by atoms with van der Waals surface area (Å²) in [7, 11) is 2.13. The number of amides is 1. The first-order valence-corrected chi connectivity index (χ1v) is 10.6. The molecular weight excluding hydrogens is 404 g/mol. The summed E-state index contributed by atoms with van der Waals surface area (Å²) in [6, 6.07) is 13.8. The Morgan fingerprint density at radius 2 is 1.84 bits per heavy atom. The molecule has 0 atom stereocenters. The van der Waals surface area contributed by atoms with Crippen LogP contribution < -0.4 is 10.6 Å². The van der Waals surface area contributed by atoms with E-state index in [0.717, 1.165) is 39.3 Å². The third kappa shape index (κ3) is 7.96. The molecule has 32 heavy (non-hydrogen) atoms. The molecule has 1 aliphatic rings. The fraction of sp³-hybridized carbons (Fsp3) is 0.333. The zero-order chi connectivity index (χ0) is 23.3. The predicted molar refractivity (Wildman–Crippen MR) is 129 cm³/mol. The quantitative estimate of drug-likeness (QED) is 0.391. The Labute approximate surface area is 189 Å². The fourth-order valence-corrected chi connectivity index (χ4v) is 3.26. The molecule has 0 saturated carbocycles. The number of rotatable bonds is 7. The van der Waals surface area contributed by atoms with Crippen LogP contribution >= 0.6 is 0 Å². The van der Waals surface area contributed by atoms with Crippen molar-refractivity contribution in [3.63, 3.8) is 0 Å². The minimum Gasteiger partial charge on any atom is -0.383 e. The van der Waals surface area contributed by atoms with Gasteiger partial charge >= 0.3 is 0 Å². The number of nitrogens with one attached hydrogen (secondary N) is 1. The fourth-order valence-electron chi connectivity index (χ4n) is 3.26. The van der Waals surface area contributed by atoms with Crippen molar-refractivity contribution >= 4 is 29.4 Å². The van der Waals surface area contributed by atoms with Gasteiger partial charge in [-0.05, 0) is 36.4 Å². The molecule has 170 valence electrons. The minimum absolute atomic E-state index is 0.178. The smallest absolute Gasteiger partial charge is 0.219 e. The maximum absolute atomic E-state index is 11.3. The number of nitrogen functional groups attached to an aromatic ring is 1. The maximum Gasteiger partial charge on any atom is 0.219 e. The first-order chi connectivity index (χ1) is 15.4. The lowest BCUT2D eigenvalue weighted by atomic mass is 10.1. The lowest BCUT2D eigenvalue weighted by Crippen LogP contribution is -2.49. The van der Waals surface area contributed by atoms with Crippen LogP contribution in [0, 0.1) is 5.41 Å². The number of allylic oxidation sites excluding steroid dienone is 2. The van der Waals surface area contributed by atoms with Crippen molar-refractivity contribution in [3.8, 4) is 0 Å². The van der Waals surface area contributed by atoms with Gasteiger partial charge in [-0.2, -0.15) is 0 Å². The van der Waals surface area contributed by atoms with Gasteiger partial charge in [0.15, 0.2) is 0 Å². The zero-order valence-corrected chi connectivity index (χ0v) is 18.8. The summed E-state index contributed by atoms with van der Waals surface area (Å²) in [6.07, 6.45) is 4.78. The summed E-state index contributed by atoms with van der Waals surface area (Å²) in [5.41, 5.74) is 7.48. The Bertz CT molecular complexity index is 908. The number of carbonyl (C=O) groups is 2. The van der Waals surface area contributed by atoms with Gasteiger partial charge in [0.2, 0.25) is 5.91 Å². The standard InChI is InChI=1S/C15H23N3O.C9H9N3O/c1-14(19)18-12-10-17(11-13-18)9-8-16(2)15-6-4-3-5-7-15;10-8(4-2-6-13)7-3-1-5-12-9(7)11/h3-7H,8-13H2,1-2H3;1-6,10H,(H2,11,12)/b;4-2+,10-8?. The zero-order valence-electron chi connectivity index (χ0n) is 18.8. The van der Waals surface area contributed by atoms with Gasteiger partial charge in [-0.3, -0.25) is 14.5 Å². The highest BCUT2D eigenvalue weighted by atomic mass is 16.2. The summed E-state index contributed by atoms with van der Waals surface area (Å²) < 4.78 is 0. The molecule has 3 rings (SSSR count). The number of nitrogens with two attached hydrogens (primary N) is 1. The van der Waals surface area contributed by atoms with Crippen LogP contribution in [0.2, 0.25) is 0 Å². The number of hydrogen-bond acceptors (Lipinski definition) is 7. The van der Waals surface area contributed by atoms with Crippen molar-refractivity contribution in [1.82, 2.24) is 14.8 Å². The van der Waals surface area contributed by atoms with Gasteiger partial charge in [0, 0.05) is 70.7 Å². The van der Waals surface area contributed by atoms with E-state index < -0.39 is 0 Å². The molecule has 0 aliphatic carbocycles. The predicted octanol–water partition coefficient (Wildman–Crippen LogP) is 2.07. The average molecular weight is 437 g/mol. The SMILES string of the molecule is CC(=O)N1CCN(CCN(C)c2ccccc2)CC1.N=C(/C=C/C=O)c1cccnc1N. The van der Waals surface area contributed by atoms with Crippen LogP contribution in [-0.4, -0.2) is 79.0 Å². The van der Waals surface area contributed by atoms with Crippen molar-refractivity contribution in [1.29, 1.82) is 5.41 Å². The number of para-hydroxylation sites is 1. The number of anilines is 2. The molecule has 1 amide bonds. The Morgan fingerprint density at radius 1 is 1.16 bits per heavy atom. The maximum atomic E-state index is 11.3. The molecule has 1 fully saturated rings. The number of aldehydes is 1. The number of benzene rings is 1. The molecule has 3 N–H and O–H groups in total. The van der Waals surface area contributed by atoms with Crippen LogP contribution in [0.15, 0.2) is 60.8 Å². The Hall–Kier alpha value is -3.52. The Balaban J connectivity index is 0.000000244. The number of nitrogens with zero attached hydrogens (tertiary/aromatic N) is 4. The number of hydrogen-bond donors (Lipinski definition) is 2. The lowest BCUT2D eigenvalue weighted by Gasteiger charge is -2.35. The molecule has 0 unspecified atom stereocenters. The third-order valence-corrected chi connectivity index (χ3v) is 5.24. The van der Waals surface area contributed by atoms with Gasteiger partial charge in [0.1, 0.15) is 12.1 Å². The van der Waals surface area contributed by atoms with E-state index in [2.05, 4.69) is 46.1 Å². The molecule has 0 radical (unpaired) electrons. The van der Waals surface area contributed by atoms with Crippen LogP contribution in [0.4, 0.5) is 11.5 Å². The molecule has 8 nitrogen and oxygen atoms in total. The van der Waals surface area contributed by atoms with Crippen LogP contribution in [0.5, 0.6) is 0 Å².